The number of morpholine rings is 1. The fraction of sp³-hybridized carbons (Fsp3) is 0.526. The number of aromatic nitrogens is 2. The van der Waals surface area contributed by atoms with Crippen molar-refractivity contribution in [2.75, 3.05) is 26.3 Å². The summed E-state index contributed by atoms with van der Waals surface area (Å²) in [7, 11) is 0. The molecule has 2 saturated heterocycles. The molecule has 0 unspecified atom stereocenters. The molecule has 2 fully saturated rings. The molecule has 0 saturated carbocycles. The molecule has 4 rings (SSSR count). The molecule has 1 N–H and O–H groups in total. The number of rotatable bonds is 4. The maximum Gasteiger partial charge on any atom is 0.140 e. The lowest BCUT2D eigenvalue weighted by molar-refractivity contribution is -0.0567. The van der Waals surface area contributed by atoms with E-state index in [9.17, 15) is 4.39 Å². The van der Waals surface area contributed by atoms with Crippen LogP contribution in [0.15, 0.2) is 30.6 Å². The van der Waals surface area contributed by atoms with Crippen LogP contribution < -0.4 is 0 Å². The Kier molecular flexibility index (Phi) is 4.58. The van der Waals surface area contributed by atoms with Crippen molar-refractivity contribution < 1.29 is 14.2 Å². The van der Waals surface area contributed by atoms with Gasteiger partial charge in [0, 0.05) is 49.7 Å². The van der Waals surface area contributed by atoms with Crippen LogP contribution in [-0.2, 0) is 4.74 Å². The Morgan fingerprint density at radius 2 is 2.20 bits per heavy atom. The van der Waals surface area contributed by atoms with Crippen molar-refractivity contribution in [3.05, 3.63) is 42.0 Å². The van der Waals surface area contributed by atoms with Crippen LogP contribution in [0.3, 0.4) is 0 Å². The largest absolute Gasteiger partial charge is 0.396 e. The van der Waals surface area contributed by atoms with E-state index in [1.807, 2.05) is 12.3 Å². The highest BCUT2D eigenvalue weighted by atomic mass is 19.1. The second-order valence-corrected chi connectivity index (χ2v) is 7.04. The third-order valence-electron chi connectivity index (χ3n) is 5.49. The van der Waals surface area contributed by atoms with Crippen LogP contribution in [0.1, 0.15) is 24.4 Å². The summed E-state index contributed by atoms with van der Waals surface area (Å²) in [5, 5.41) is 9.13. The van der Waals surface area contributed by atoms with E-state index in [2.05, 4.69) is 14.5 Å². The number of ether oxygens (including phenoxy) is 1. The minimum absolute atomic E-state index is 0.118. The Labute approximate surface area is 147 Å². The van der Waals surface area contributed by atoms with Gasteiger partial charge < -0.3 is 14.4 Å². The van der Waals surface area contributed by atoms with Gasteiger partial charge in [0.1, 0.15) is 11.6 Å². The molecule has 6 heteroatoms. The van der Waals surface area contributed by atoms with Crippen molar-refractivity contribution in [3.63, 3.8) is 0 Å². The number of aliphatic hydroxyl groups excluding tert-OH is 1. The first-order valence-corrected chi connectivity index (χ1v) is 8.92. The van der Waals surface area contributed by atoms with E-state index < -0.39 is 0 Å². The number of hydrogen-bond acceptors (Lipinski definition) is 4. The van der Waals surface area contributed by atoms with Crippen LogP contribution in [0.4, 0.5) is 4.39 Å². The minimum Gasteiger partial charge on any atom is -0.396 e. The Morgan fingerprint density at radius 3 is 3.04 bits per heavy atom. The molecule has 0 radical (unpaired) electrons. The number of aliphatic hydroxyl groups is 1. The summed E-state index contributed by atoms with van der Waals surface area (Å²) >= 11 is 0. The molecule has 0 amide bonds. The summed E-state index contributed by atoms with van der Waals surface area (Å²) < 4.78 is 22.0. The third-order valence-corrected chi connectivity index (χ3v) is 5.49. The monoisotopic (exact) mass is 345 g/mol. The molecule has 3 atom stereocenters. The van der Waals surface area contributed by atoms with Crippen molar-refractivity contribution in [2.45, 2.75) is 38.0 Å². The van der Waals surface area contributed by atoms with E-state index in [4.69, 9.17) is 9.84 Å². The quantitative estimate of drug-likeness (QED) is 0.924. The van der Waals surface area contributed by atoms with Crippen LogP contribution in [-0.4, -0.2) is 58.0 Å². The van der Waals surface area contributed by atoms with Gasteiger partial charge in [0.2, 0.25) is 0 Å². The summed E-state index contributed by atoms with van der Waals surface area (Å²) in [6, 6.07) is 5.87. The molecule has 2 aromatic rings. The molecule has 0 aliphatic carbocycles. The van der Waals surface area contributed by atoms with Crippen molar-refractivity contribution in [1.82, 2.24) is 14.5 Å². The highest BCUT2D eigenvalue weighted by Gasteiger charge is 2.38. The van der Waals surface area contributed by atoms with Crippen molar-refractivity contribution >= 4 is 0 Å². The Bertz CT molecular complexity index is 748. The lowest BCUT2D eigenvalue weighted by atomic mass is 10.1. The number of nitrogens with zero attached hydrogens (tertiary/aromatic N) is 3. The molecular formula is C19H24FN3O2. The SMILES string of the molecule is Cc1c(F)cccc1-c1nccn1[C@H]1C[C@H]2CO[C@@H](CCO)CN2C1. The van der Waals surface area contributed by atoms with Gasteiger partial charge in [0.05, 0.1) is 12.7 Å². The van der Waals surface area contributed by atoms with Crippen LogP contribution in [0.25, 0.3) is 11.4 Å². The summed E-state index contributed by atoms with van der Waals surface area (Å²) in [5.41, 5.74) is 1.49. The first-order chi connectivity index (χ1) is 12.2. The lowest BCUT2D eigenvalue weighted by Crippen LogP contribution is -2.46. The van der Waals surface area contributed by atoms with Gasteiger partial charge >= 0.3 is 0 Å². The number of fused-ring (bicyclic) bond motifs is 1. The Balaban J connectivity index is 1.57. The summed E-state index contributed by atoms with van der Waals surface area (Å²) in [6.45, 7) is 4.48. The zero-order chi connectivity index (χ0) is 17.4. The molecule has 1 aromatic carbocycles. The first-order valence-electron chi connectivity index (χ1n) is 8.92. The van der Waals surface area contributed by atoms with Crippen LogP contribution >= 0.6 is 0 Å². The number of imidazole rings is 1. The molecule has 1 aromatic heterocycles. The highest BCUT2D eigenvalue weighted by Crippen LogP contribution is 2.34. The second-order valence-electron chi connectivity index (χ2n) is 7.04. The average Bonchev–Trinajstić information content (AvgIpc) is 3.23. The zero-order valence-electron chi connectivity index (χ0n) is 14.4. The van der Waals surface area contributed by atoms with E-state index in [1.165, 1.54) is 6.07 Å². The second kappa shape index (κ2) is 6.86. The van der Waals surface area contributed by atoms with Gasteiger partial charge in [-0.3, -0.25) is 4.90 Å². The van der Waals surface area contributed by atoms with E-state index in [-0.39, 0.29) is 18.5 Å². The van der Waals surface area contributed by atoms with Gasteiger partial charge in [-0.1, -0.05) is 12.1 Å². The topological polar surface area (TPSA) is 50.5 Å². The zero-order valence-corrected chi connectivity index (χ0v) is 14.4. The molecule has 3 heterocycles. The van der Waals surface area contributed by atoms with Gasteiger partial charge in [0.25, 0.3) is 0 Å². The molecule has 5 nitrogen and oxygen atoms in total. The van der Waals surface area contributed by atoms with E-state index >= 15 is 0 Å². The molecule has 134 valence electrons. The molecule has 2 aliphatic heterocycles. The Morgan fingerprint density at radius 1 is 1.32 bits per heavy atom. The van der Waals surface area contributed by atoms with Gasteiger partial charge in [-0.05, 0) is 31.4 Å². The van der Waals surface area contributed by atoms with Crippen LogP contribution in [0.2, 0.25) is 0 Å². The summed E-state index contributed by atoms with van der Waals surface area (Å²) in [5.74, 6) is 0.630. The lowest BCUT2D eigenvalue weighted by Gasteiger charge is -2.34. The number of benzene rings is 1. The van der Waals surface area contributed by atoms with Crippen molar-refractivity contribution in [2.24, 2.45) is 0 Å². The summed E-state index contributed by atoms with van der Waals surface area (Å²) in [6.07, 6.45) is 5.60. The Hall–Kier alpha value is -1.76. The average molecular weight is 345 g/mol. The smallest absolute Gasteiger partial charge is 0.140 e. The fourth-order valence-electron chi connectivity index (χ4n) is 4.10. The predicted molar refractivity (Wildman–Crippen MR) is 92.8 cm³/mol. The van der Waals surface area contributed by atoms with E-state index in [1.54, 1.807) is 19.2 Å². The maximum atomic E-state index is 14.0. The fourth-order valence-corrected chi connectivity index (χ4v) is 4.10. The predicted octanol–water partition coefficient (Wildman–Crippen LogP) is 2.39. The minimum atomic E-state index is -0.198. The number of halogens is 1. The van der Waals surface area contributed by atoms with E-state index in [0.29, 0.717) is 30.7 Å². The summed E-state index contributed by atoms with van der Waals surface area (Å²) in [4.78, 5) is 6.96. The van der Waals surface area contributed by atoms with Crippen LogP contribution in [0.5, 0.6) is 0 Å². The number of hydrogen-bond donors (Lipinski definition) is 1. The maximum absolute atomic E-state index is 14.0. The first kappa shape index (κ1) is 16.7. The molecule has 0 spiro atoms. The van der Waals surface area contributed by atoms with Crippen molar-refractivity contribution in [3.8, 4) is 11.4 Å². The standard InChI is InChI=1S/C19H24FN3O2/c1-13-17(3-2-4-18(13)20)19-21-6-7-23(19)14-9-15-12-25-16(5-8-24)11-22(15)10-14/h2-4,6-7,14-16,24H,5,8-12H2,1H3/t14-,15-,16-/m0/s1. The van der Waals surface area contributed by atoms with Gasteiger partial charge in [-0.25, -0.2) is 9.37 Å². The molecule has 2 aliphatic rings. The normalized spacial score (nSPS) is 26.8. The van der Waals surface area contributed by atoms with Crippen LogP contribution in [0, 0.1) is 12.7 Å². The molecular weight excluding hydrogens is 321 g/mol. The van der Waals surface area contributed by atoms with E-state index in [0.717, 1.165) is 30.9 Å². The van der Waals surface area contributed by atoms with Crippen molar-refractivity contribution in [1.29, 1.82) is 0 Å². The molecule has 25 heavy (non-hydrogen) atoms. The van der Waals surface area contributed by atoms with Gasteiger partial charge in [0.15, 0.2) is 0 Å². The van der Waals surface area contributed by atoms with Gasteiger partial charge in [-0.15, -0.1) is 0 Å². The van der Waals surface area contributed by atoms with Gasteiger partial charge in [-0.2, -0.15) is 0 Å². The molecule has 0 bridgehead atoms. The third kappa shape index (κ3) is 3.10. The highest BCUT2D eigenvalue weighted by molar-refractivity contribution is 5.60.